The number of anilines is 1. The highest BCUT2D eigenvalue weighted by Gasteiger charge is 2.67. The number of amides is 3. The highest BCUT2D eigenvalue weighted by Crippen LogP contribution is 2.60. The molecule has 160 valence electrons. The van der Waals surface area contributed by atoms with Crippen molar-refractivity contribution in [1.29, 1.82) is 0 Å². The van der Waals surface area contributed by atoms with Gasteiger partial charge in [0.1, 0.15) is 6.04 Å². The normalized spacial score (nSPS) is 32.9. The minimum atomic E-state index is -1.07. The summed E-state index contributed by atoms with van der Waals surface area (Å²) in [7, 11) is 0. The molecule has 0 spiro atoms. The van der Waals surface area contributed by atoms with Crippen LogP contribution in [0.25, 0.3) is 0 Å². The van der Waals surface area contributed by atoms with Gasteiger partial charge in [-0.2, -0.15) is 0 Å². The van der Waals surface area contributed by atoms with Gasteiger partial charge < -0.3 is 10.1 Å². The van der Waals surface area contributed by atoms with Crippen molar-refractivity contribution in [2.24, 2.45) is 23.7 Å². The summed E-state index contributed by atoms with van der Waals surface area (Å²) in [6, 6.07) is 6.14. The molecular weight excluding hydrogens is 520 g/mol. The van der Waals surface area contributed by atoms with E-state index in [4.69, 9.17) is 4.74 Å². The van der Waals surface area contributed by atoms with Gasteiger partial charge in [0.25, 0.3) is 5.91 Å². The van der Waals surface area contributed by atoms with Gasteiger partial charge in [-0.1, -0.05) is 49.6 Å². The number of carbonyl (C=O) groups is 4. The molecule has 7 atom stereocenters. The van der Waals surface area contributed by atoms with E-state index in [0.717, 1.165) is 16.9 Å². The first-order valence-corrected chi connectivity index (χ1v) is 11.7. The first kappa shape index (κ1) is 21.5. The Morgan fingerprint density at radius 3 is 2.17 bits per heavy atom. The van der Waals surface area contributed by atoms with E-state index in [1.54, 1.807) is 12.1 Å². The standard InChI is InChI=1S/C21H22Br2N2O5/c1-9-3-5-11(6-4-9)24-14(26)8-30-21(29)10(2)25-19(27)15-12-7-13(16(15)20(25)28)18(23)17(12)22/h3-6,10,12-13,15-18H,7-8H2,1-2H3,(H,24,26)/t10-,12+,13+,15-,16+,17-,18+/m0/s1. The molecule has 1 saturated heterocycles. The average Bonchev–Trinajstić information content (AvgIpc) is 3.32. The van der Waals surface area contributed by atoms with Crippen molar-refractivity contribution in [3.8, 4) is 0 Å². The van der Waals surface area contributed by atoms with Gasteiger partial charge in [-0.05, 0) is 44.2 Å². The van der Waals surface area contributed by atoms with Gasteiger partial charge in [-0.25, -0.2) is 4.79 Å². The van der Waals surface area contributed by atoms with Crippen LogP contribution in [0.1, 0.15) is 18.9 Å². The number of imide groups is 1. The Labute approximate surface area is 191 Å². The van der Waals surface area contributed by atoms with E-state index in [-0.39, 0.29) is 45.1 Å². The Kier molecular flexibility index (Phi) is 5.78. The topological polar surface area (TPSA) is 92.8 Å². The summed E-state index contributed by atoms with van der Waals surface area (Å²) in [6.07, 6.45) is 0.824. The summed E-state index contributed by atoms with van der Waals surface area (Å²) < 4.78 is 5.09. The van der Waals surface area contributed by atoms with Gasteiger partial charge in [-0.3, -0.25) is 19.3 Å². The Morgan fingerprint density at radius 1 is 1.10 bits per heavy atom. The fourth-order valence-electron chi connectivity index (χ4n) is 4.95. The summed E-state index contributed by atoms with van der Waals surface area (Å²) in [5.41, 5.74) is 1.65. The number of nitrogens with zero attached hydrogens (tertiary/aromatic N) is 1. The lowest BCUT2D eigenvalue weighted by atomic mass is 9.81. The number of aryl methyl sites for hydroxylation is 1. The summed E-state index contributed by atoms with van der Waals surface area (Å²) in [5.74, 6) is -2.50. The highest BCUT2D eigenvalue weighted by molar-refractivity contribution is 9.12. The second-order valence-electron chi connectivity index (χ2n) is 8.25. The molecule has 1 aromatic carbocycles. The molecule has 1 N–H and O–H groups in total. The molecule has 1 heterocycles. The van der Waals surface area contributed by atoms with Crippen LogP contribution in [0, 0.1) is 30.6 Å². The predicted octanol–water partition coefficient (Wildman–Crippen LogP) is 2.64. The Bertz CT molecular complexity index is 873. The zero-order valence-corrected chi connectivity index (χ0v) is 19.7. The predicted molar refractivity (Wildman–Crippen MR) is 116 cm³/mol. The van der Waals surface area contributed by atoms with Gasteiger partial charge in [0.15, 0.2) is 6.61 Å². The first-order valence-electron chi connectivity index (χ1n) is 9.89. The minimum Gasteiger partial charge on any atom is -0.454 e. The quantitative estimate of drug-likeness (QED) is 0.351. The number of hydrogen-bond donors (Lipinski definition) is 1. The monoisotopic (exact) mass is 540 g/mol. The van der Waals surface area contributed by atoms with Gasteiger partial charge in [0.2, 0.25) is 11.8 Å². The van der Waals surface area contributed by atoms with Crippen molar-refractivity contribution in [2.75, 3.05) is 11.9 Å². The van der Waals surface area contributed by atoms with E-state index >= 15 is 0 Å². The molecule has 3 fully saturated rings. The van der Waals surface area contributed by atoms with E-state index in [2.05, 4.69) is 37.2 Å². The molecule has 1 aromatic rings. The zero-order valence-electron chi connectivity index (χ0n) is 16.5. The van der Waals surface area contributed by atoms with Crippen LogP contribution in [0.2, 0.25) is 0 Å². The van der Waals surface area contributed by atoms with Crippen LogP contribution < -0.4 is 5.32 Å². The van der Waals surface area contributed by atoms with Crippen LogP contribution in [0.3, 0.4) is 0 Å². The van der Waals surface area contributed by atoms with Gasteiger partial charge in [-0.15, -0.1) is 0 Å². The minimum absolute atomic E-state index is 0.0781. The van der Waals surface area contributed by atoms with Crippen molar-refractivity contribution in [3.05, 3.63) is 29.8 Å². The summed E-state index contributed by atoms with van der Waals surface area (Å²) >= 11 is 7.27. The average molecular weight is 542 g/mol. The maximum Gasteiger partial charge on any atom is 0.329 e. The van der Waals surface area contributed by atoms with Crippen LogP contribution in [0.5, 0.6) is 0 Å². The third-order valence-corrected chi connectivity index (χ3v) is 9.64. The molecule has 9 heteroatoms. The number of rotatable bonds is 5. The number of benzene rings is 1. The lowest BCUT2D eigenvalue weighted by Gasteiger charge is -2.28. The highest BCUT2D eigenvalue weighted by atomic mass is 79.9. The number of nitrogens with one attached hydrogen (secondary N) is 1. The van der Waals surface area contributed by atoms with Crippen LogP contribution >= 0.6 is 31.9 Å². The van der Waals surface area contributed by atoms with Gasteiger partial charge >= 0.3 is 5.97 Å². The Morgan fingerprint density at radius 2 is 1.63 bits per heavy atom. The summed E-state index contributed by atoms with van der Waals surface area (Å²) in [5, 5.41) is 2.64. The number of ether oxygens (including phenoxy) is 1. The smallest absolute Gasteiger partial charge is 0.329 e. The fraction of sp³-hybridized carbons (Fsp3) is 0.524. The fourth-order valence-corrected chi connectivity index (χ4v) is 6.82. The van der Waals surface area contributed by atoms with Gasteiger partial charge in [0.05, 0.1) is 11.8 Å². The largest absolute Gasteiger partial charge is 0.454 e. The van der Waals surface area contributed by atoms with E-state index in [0.29, 0.717) is 5.69 Å². The Hall–Kier alpha value is -1.74. The second-order valence-corrected chi connectivity index (χ2v) is 10.4. The van der Waals surface area contributed by atoms with Crippen LogP contribution in [-0.4, -0.2) is 50.9 Å². The van der Waals surface area contributed by atoms with E-state index in [9.17, 15) is 19.2 Å². The molecule has 7 nitrogen and oxygen atoms in total. The molecule has 2 aliphatic carbocycles. The van der Waals surface area contributed by atoms with Crippen molar-refractivity contribution in [3.63, 3.8) is 0 Å². The second kappa shape index (κ2) is 8.07. The number of esters is 1. The lowest BCUT2D eigenvalue weighted by Crippen LogP contribution is -2.45. The van der Waals surface area contributed by atoms with Crippen molar-refractivity contribution in [1.82, 2.24) is 4.90 Å². The third-order valence-electron chi connectivity index (χ3n) is 6.43. The number of hydrogen-bond acceptors (Lipinski definition) is 5. The maximum atomic E-state index is 13.0. The Balaban J connectivity index is 1.36. The van der Waals surface area contributed by atoms with Crippen molar-refractivity contribution in [2.45, 2.75) is 36.0 Å². The molecule has 0 aromatic heterocycles. The molecule has 3 amide bonds. The molecule has 2 saturated carbocycles. The van der Waals surface area contributed by atoms with Crippen LogP contribution in [0.4, 0.5) is 5.69 Å². The van der Waals surface area contributed by atoms with Crippen LogP contribution in [-0.2, 0) is 23.9 Å². The molecular formula is C21H22Br2N2O5. The van der Waals surface area contributed by atoms with Crippen LogP contribution in [0.15, 0.2) is 24.3 Å². The zero-order chi connectivity index (χ0) is 21.7. The SMILES string of the molecule is Cc1ccc(NC(=O)COC(=O)[C@H](C)N2C(=O)[C@@H]3[C@H]4C[C@@H]([C@H](Br)[C@@H]4Br)[C@@H]3C2=O)cc1. The first-order chi connectivity index (χ1) is 14.2. The van der Waals surface area contributed by atoms with E-state index in [1.165, 1.54) is 6.92 Å². The summed E-state index contributed by atoms with van der Waals surface area (Å²) in [4.78, 5) is 51.8. The van der Waals surface area contributed by atoms with Gasteiger partial charge in [0, 0.05) is 15.3 Å². The number of fused-ring (bicyclic) bond motifs is 5. The molecule has 1 aliphatic heterocycles. The molecule has 4 rings (SSSR count). The molecule has 30 heavy (non-hydrogen) atoms. The molecule has 0 radical (unpaired) electrons. The van der Waals surface area contributed by atoms with E-state index in [1.807, 2.05) is 19.1 Å². The lowest BCUT2D eigenvalue weighted by molar-refractivity contribution is -0.159. The number of halogens is 2. The molecule has 3 aliphatic rings. The third kappa shape index (κ3) is 3.49. The number of likely N-dealkylation sites (tertiary alicyclic amines) is 1. The molecule has 2 bridgehead atoms. The van der Waals surface area contributed by atoms with E-state index < -0.39 is 24.5 Å². The number of alkyl halides is 2. The summed E-state index contributed by atoms with van der Waals surface area (Å²) in [6.45, 7) is 2.92. The van der Waals surface area contributed by atoms with Crippen molar-refractivity contribution >= 4 is 61.2 Å². The maximum absolute atomic E-state index is 13.0. The molecule has 0 unspecified atom stereocenters. The van der Waals surface area contributed by atoms with Crippen molar-refractivity contribution < 1.29 is 23.9 Å². The number of carbonyl (C=O) groups excluding carboxylic acids is 4.